The maximum Gasteiger partial charge on any atom is 0.0558 e. The first-order chi connectivity index (χ1) is 6.88. The van der Waals surface area contributed by atoms with E-state index in [1.807, 2.05) is 0 Å². The van der Waals surface area contributed by atoms with Crippen LogP contribution < -0.4 is 5.32 Å². The molecule has 3 nitrogen and oxygen atoms in total. The highest BCUT2D eigenvalue weighted by molar-refractivity contribution is 4.82. The van der Waals surface area contributed by atoms with E-state index in [4.69, 9.17) is 5.11 Å². The molecule has 1 atom stereocenters. The van der Waals surface area contributed by atoms with Crippen molar-refractivity contribution in [3.05, 3.63) is 0 Å². The number of aliphatic hydroxyl groups excluding tert-OH is 1. The molecule has 0 unspecified atom stereocenters. The second kappa shape index (κ2) is 5.10. The second-order valence-corrected chi connectivity index (χ2v) is 4.71. The van der Waals surface area contributed by atoms with Crippen LogP contribution >= 0.6 is 0 Å². The average molecular weight is 198 g/mol. The molecule has 2 fully saturated rings. The van der Waals surface area contributed by atoms with Crippen molar-refractivity contribution in [2.24, 2.45) is 5.92 Å². The van der Waals surface area contributed by atoms with E-state index in [9.17, 15) is 0 Å². The number of nitrogens with zero attached hydrogens (tertiary/aromatic N) is 1. The molecule has 1 heterocycles. The molecule has 0 aromatic heterocycles. The van der Waals surface area contributed by atoms with Crippen LogP contribution in [-0.4, -0.2) is 48.8 Å². The third-order valence-electron chi connectivity index (χ3n) is 3.31. The summed E-state index contributed by atoms with van der Waals surface area (Å²) in [6.07, 6.45) is 5.46. The summed E-state index contributed by atoms with van der Waals surface area (Å²) >= 11 is 0. The summed E-state index contributed by atoms with van der Waals surface area (Å²) < 4.78 is 0. The Hall–Kier alpha value is -0.120. The van der Waals surface area contributed by atoms with Crippen LogP contribution in [0.3, 0.4) is 0 Å². The lowest BCUT2D eigenvalue weighted by atomic mass is 10.1. The van der Waals surface area contributed by atoms with Crippen molar-refractivity contribution in [3.63, 3.8) is 0 Å². The molecule has 0 amide bonds. The molecule has 1 saturated carbocycles. The molecule has 2 aliphatic rings. The Morgan fingerprint density at radius 1 is 1.29 bits per heavy atom. The average Bonchev–Trinajstić information content (AvgIpc) is 2.99. The Balaban J connectivity index is 1.64. The van der Waals surface area contributed by atoms with E-state index in [-0.39, 0.29) is 0 Å². The normalized spacial score (nSPS) is 29.4. The third kappa shape index (κ3) is 3.23. The summed E-state index contributed by atoms with van der Waals surface area (Å²) in [5.41, 5.74) is 0. The van der Waals surface area contributed by atoms with Crippen molar-refractivity contribution in [1.29, 1.82) is 0 Å². The molecule has 0 aromatic rings. The first-order valence-electron chi connectivity index (χ1n) is 5.95. The lowest BCUT2D eigenvalue weighted by Gasteiger charge is -2.32. The van der Waals surface area contributed by atoms with E-state index in [0.717, 1.165) is 19.0 Å². The quantitative estimate of drug-likeness (QED) is 0.673. The van der Waals surface area contributed by atoms with Gasteiger partial charge in [0.2, 0.25) is 0 Å². The second-order valence-electron chi connectivity index (χ2n) is 4.71. The van der Waals surface area contributed by atoms with Crippen molar-refractivity contribution in [2.45, 2.75) is 31.7 Å². The fraction of sp³-hybridized carbons (Fsp3) is 1.00. The first kappa shape index (κ1) is 10.4. The number of β-amino-alcohol motifs (C(OH)–C–C–N with tert-alkyl or cyclic N) is 1. The highest BCUT2D eigenvalue weighted by atomic mass is 16.3. The van der Waals surface area contributed by atoms with Gasteiger partial charge in [0, 0.05) is 19.1 Å². The van der Waals surface area contributed by atoms with Gasteiger partial charge in [-0.05, 0) is 44.7 Å². The van der Waals surface area contributed by atoms with Crippen LogP contribution in [0.15, 0.2) is 0 Å². The number of hydrogen-bond acceptors (Lipinski definition) is 3. The number of likely N-dealkylation sites (tertiary alicyclic amines) is 1. The summed E-state index contributed by atoms with van der Waals surface area (Å²) in [5, 5.41) is 12.5. The molecule has 0 bridgehead atoms. The van der Waals surface area contributed by atoms with Gasteiger partial charge in [0.1, 0.15) is 0 Å². The SMILES string of the molecule is OCCN1CCC[C@H](NCC2CC2)C1. The lowest BCUT2D eigenvalue weighted by molar-refractivity contribution is 0.151. The lowest BCUT2D eigenvalue weighted by Crippen LogP contribution is -2.46. The Morgan fingerprint density at radius 2 is 2.14 bits per heavy atom. The maximum atomic E-state index is 8.87. The largest absolute Gasteiger partial charge is 0.395 e. The van der Waals surface area contributed by atoms with E-state index >= 15 is 0 Å². The van der Waals surface area contributed by atoms with Gasteiger partial charge in [-0.2, -0.15) is 0 Å². The van der Waals surface area contributed by atoms with Crippen LogP contribution in [0, 0.1) is 5.92 Å². The summed E-state index contributed by atoms with van der Waals surface area (Å²) in [7, 11) is 0. The van der Waals surface area contributed by atoms with Crippen LogP contribution in [0.2, 0.25) is 0 Å². The predicted octanol–water partition coefficient (Wildman–Crippen LogP) is 0.443. The van der Waals surface area contributed by atoms with E-state index in [0.29, 0.717) is 12.6 Å². The van der Waals surface area contributed by atoms with Crippen molar-refractivity contribution in [3.8, 4) is 0 Å². The van der Waals surface area contributed by atoms with Gasteiger partial charge < -0.3 is 10.4 Å². The van der Waals surface area contributed by atoms with Gasteiger partial charge in [0.05, 0.1) is 6.61 Å². The third-order valence-corrected chi connectivity index (χ3v) is 3.31. The Morgan fingerprint density at radius 3 is 2.86 bits per heavy atom. The smallest absolute Gasteiger partial charge is 0.0558 e. The monoisotopic (exact) mass is 198 g/mol. The van der Waals surface area contributed by atoms with Crippen molar-refractivity contribution in [1.82, 2.24) is 10.2 Å². The number of hydrogen-bond donors (Lipinski definition) is 2. The van der Waals surface area contributed by atoms with Crippen LogP contribution in [0.25, 0.3) is 0 Å². The van der Waals surface area contributed by atoms with Crippen molar-refractivity contribution >= 4 is 0 Å². The van der Waals surface area contributed by atoms with Gasteiger partial charge in [-0.3, -0.25) is 4.90 Å². The molecule has 1 aliphatic carbocycles. The maximum absolute atomic E-state index is 8.87. The van der Waals surface area contributed by atoms with Crippen molar-refractivity contribution < 1.29 is 5.11 Å². The van der Waals surface area contributed by atoms with Gasteiger partial charge in [0.25, 0.3) is 0 Å². The zero-order valence-electron chi connectivity index (χ0n) is 8.91. The van der Waals surface area contributed by atoms with Crippen LogP contribution in [0.1, 0.15) is 25.7 Å². The molecule has 1 saturated heterocycles. The molecule has 14 heavy (non-hydrogen) atoms. The standard InChI is InChI=1S/C11H22N2O/c14-7-6-13-5-1-2-11(9-13)12-8-10-3-4-10/h10-12,14H,1-9H2/t11-/m0/s1. The minimum Gasteiger partial charge on any atom is -0.395 e. The number of piperidine rings is 1. The summed E-state index contributed by atoms with van der Waals surface area (Å²) in [6, 6.07) is 0.677. The van der Waals surface area contributed by atoms with Gasteiger partial charge in [-0.15, -0.1) is 0 Å². The Kier molecular flexibility index (Phi) is 3.79. The minimum absolute atomic E-state index is 0.301. The molecular weight excluding hydrogens is 176 g/mol. The zero-order valence-corrected chi connectivity index (χ0v) is 8.91. The fourth-order valence-corrected chi connectivity index (χ4v) is 2.22. The van der Waals surface area contributed by atoms with Crippen LogP contribution in [0.5, 0.6) is 0 Å². The Labute approximate surface area is 86.5 Å². The van der Waals surface area contributed by atoms with Crippen molar-refractivity contribution in [2.75, 3.05) is 32.8 Å². The molecular formula is C11H22N2O. The molecule has 82 valence electrons. The molecule has 1 aliphatic heterocycles. The summed E-state index contributed by atoms with van der Waals surface area (Å²) in [5.74, 6) is 0.975. The summed E-state index contributed by atoms with van der Waals surface area (Å²) in [6.45, 7) is 4.67. The van der Waals surface area contributed by atoms with Crippen LogP contribution in [-0.2, 0) is 0 Å². The number of rotatable bonds is 5. The first-order valence-corrected chi connectivity index (χ1v) is 5.95. The molecule has 0 radical (unpaired) electrons. The topological polar surface area (TPSA) is 35.5 Å². The van der Waals surface area contributed by atoms with E-state index in [1.165, 1.54) is 38.8 Å². The molecule has 2 rings (SSSR count). The molecule has 0 spiro atoms. The Bertz CT molecular complexity index is 169. The molecule has 3 heteroatoms. The predicted molar refractivity (Wildman–Crippen MR) is 57.3 cm³/mol. The van der Waals surface area contributed by atoms with Crippen LogP contribution in [0.4, 0.5) is 0 Å². The minimum atomic E-state index is 0.301. The summed E-state index contributed by atoms with van der Waals surface area (Å²) in [4.78, 5) is 2.37. The van der Waals surface area contributed by atoms with Gasteiger partial charge in [-0.25, -0.2) is 0 Å². The molecule has 2 N–H and O–H groups in total. The van der Waals surface area contributed by atoms with E-state index < -0.39 is 0 Å². The zero-order chi connectivity index (χ0) is 9.80. The fourth-order valence-electron chi connectivity index (χ4n) is 2.22. The highest BCUT2D eigenvalue weighted by Gasteiger charge is 2.24. The van der Waals surface area contributed by atoms with Gasteiger partial charge in [-0.1, -0.05) is 0 Å². The van der Waals surface area contributed by atoms with Gasteiger partial charge in [0.15, 0.2) is 0 Å². The van der Waals surface area contributed by atoms with E-state index in [2.05, 4.69) is 10.2 Å². The molecule has 0 aromatic carbocycles. The number of nitrogens with one attached hydrogen (secondary N) is 1. The van der Waals surface area contributed by atoms with Gasteiger partial charge >= 0.3 is 0 Å². The number of aliphatic hydroxyl groups is 1. The van der Waals surface area contributed by atoms with E-state index in [1.54, 1.807) is 0 Å². The highest BCUT2D eigenvalue weighted by Crippen LogP contribution is 2.28.